The van der Waals surface area contributed by atoms with Crippen molar-refractivity contribution >= 4 is 33.9 Å². The zero-order valence-corrected chi connectivity index (χ0v) is 16.0. The van der Waals surface area contributed by atoms with Gasteiger partial charge in [-0.25, -0.2) is 4.98 Å². The van der Waals surface area contributed by atoms with Gasteiger partial charge in [-0.2, -0.15) is 0 Å². The maximum atomic E-state index is 4.70. The molecule has 25 heavy (non-hydrogen) atoms. The standard InChI is InChI=1S/C18H21N5S2/c1-3-23-16(13-8-9-13)21-22-18(23)25-11-14-10-24-17(19-14)20-15-7-5-4-6-12(15)2/h4-7,10,13H,3,8-9,11H2,1-2H3,(H,19,20). The average Bonchev–Trinajstić information content (AvgIpc) is 3.23. The van der Waals surface area contributed by atoms with Crippen LogP contribution in [0.25, 0.3) is 0 Å². The number of benzene rings is 1. The number of aryl methyl sites for hydroxylation is 1. The number of aromatic nitrogens is 4. The Balaban J connectivity index is 1.41. The van der Waals surface area contributed by atoms with E-state index in [1.165, 1.54) is 18.4 Å². The van der Waals surface area contributed by atoms with E-state index in [0.29, 0.717) is 5.92 Å². The van der Waals surface area contributed by atoms with E-state index in [2.05, 4.69) is 51.4 Å². The van der Waals surface area contributed by atoms with Crippen LogP contribution in [-0.4, -0.2) is 19.7 Å². The van der Waals surface area contributed by atoms with E-state index in [4.69, 9.17) is 4.98 Å². The highest BCUT2D eigenvalue weighted by Crippen LogP contribution is 2.40. The maximum Gasteiger partial charge on any atom is 0.191 e. The summed E-state index contributed by atoms with van der Waals surface area (Å²) in [4.78, 5) is 4.70. The lowest BCUT2D eigenvalue weighted by Gasteiger charge is -2.06. The highest BCUT2D eigenvalue weighted by Gasteiger charge is 2.29. The topological polar surface area (TPSA) is 55.6 Å². The van der Waals surface area contributed by atoms with E-state index in [-0.39, 0.29) is 0 Å². The van der Waals surface area contributed by atoms with Crippen LogP contribution in [0.5, 0.6) is 0 Å². The van der Waals surface area contributed by atoms with Crippen LogP contribution < -0.4 is 5.32 Å². The van der Waals surface area contributed by atoms with Crippen molar-refractivity contribution in [3.8, 4) is 0 Å². The van der Waals surface area contributed by atoms with Crippen molar-refractivity contribution in [2.24, 2.45) is 0 Å². The quantitative estimate of drug-likeness (QED) is 0.594. The van der Waals surface area contributed by atoms with Gasteiger partial charge in [-0.3, -0.25) is 0 Å². The van der Waals surface area contributed by atoms with Crippen LogP contribution in [0.2, 0.25) is 0 Å². The van der Waals surface area contributed by atoms with Crippen LogP contribution in [-0.2, 0) is 12.3 Å². The lowest BCUT2D eigenvalue weighted by Crippen LogP contribution is -2.02. The highest BCUT2D eigenvalue weighted by atomic mass is 32.2. The van der Waals surface area contributed by atoms with Crippen LogP contribution in [0.4, 0.5) is 10.8 Å². The van der Waals surface area contributed by atoms with Crippen molar-refractivity contribution in [2.75, 3.05) is 5.32 Å². The minimum absolute atomic E-state index is 0.631. The predicted molar refractivity (Wildman–Crippen MR) is 104 cm³/mol. The Bertz CT molecular complexity index is 866. The molecule has 0 spiro atoms. The van der Waals surface area contributed by atoms with Gasteiger partial charge in [0.15, 0.2) is 10.3 Å². The minimum Gasteiger partial charge on any atom is -0.331 e. The fourth-order valence-electron chi connectivity index (χ4n) is 2.75. The van der Waals surface area contributed by atoms with Crippen LogP contribution in [0.15, 0.2) is 34.8 Å². The van der Waals surface area contributed by atoms with E-state index >= 15 is 0 Å². The molecule has 7 heteroatoms. The molecule has 0 bridgehead atoms. The summed E-state index contributed by atoms with van der Waals surface area (Å²) in [6.45, 7) is 5.19. The molecule has 1 N–H and O–H groups in total. The molecule has 130 valence electrons. The van der Waals surface area contributed by atoms with Gasteiger partial charge in [-0.15, -0.1) is 21.5 Å². The molecule has 3 aromatic rings. The van der Waals surface area contributed by atoms with Crippen LogP contribution in [0.3, 0.4) is 0 Å². The first-order valence-electron chi connectivity index (χ1n) is 8.57. The van der Waals surface area contributed by atoms with Crippen molar-refractivity contribution in [2.45, 2.75) is 50.1 Å². The molecule has 0 amide bonds. The number of para-hydroxylation sites is 1. The monoisotopic (exact) mass is 371 g/mol. The van der Waals surface area contributed by atoms with Crippen molar-refractivity contribution in [1.29, 1.82) is 0 Å². The van der Waals surface area contributed by atoms with Crippen LogP contribution in [0.1, 0.15) is 42.8 Å². The van der Waals surface area contributed by atoms with Crippen molar-refractivity contribution in [3.05, 3.63) is 46.7 Å². The SMILES string of the molecule is CCn1c(SCc2csc(Nc3ccccc3C)n2)nnc1C1CC1. The molecule has 2 aromatic heterocycles. The second-order valence-corrected chi connectivity index (χ2v) is 8.03. The van der Waals surface area contributed by atoms with Crippen LogP contribution >= 0.6 is 23.1 Å². The Morgan fingerprint density at radius 3 is 2.88 bits per heavy atom. The normalized spacial score (nSPS) is 14.0. The van der Waals surface area contributed by atoms with Gasteiger partial charge >= 0.3 is 0 Å². The maximum absolute atomic E-state index is 4.70. The summed E-state index contributed by atoms with van der Waals surface area (Å²) < 4.78 is 2.25. The molecule has 0 radical (unpaired) electrons. The fourth-order valence-corrected chi connectivity index (χ4v) is 4.48. The number of rotatable bonds is 7. The van der Waals surface area contributed by atoms with E-state index in [1.54, 1.807) is 23.1 Å². The van der Waals surface area contributed by atoms with E-state index in [9.17, 15) is 0 Å². The number of anilines is 2. The van der Waals surface area contributed by atoms with Crippen molar-refractivity contribution in [3.63, 3.8) is 0 Å². The first-order valence-corrected chi connectivity index (χ1v) is 10.4. The molecule has 0 aliphatic heterocycles. The van der Waals surface area contributed by atoms with Crippen molar-refractivity contribution < 1.29 is 0 Å². The summed E-state index contributed by atoms with van der Waals surface area (Å²) in [5.74, 6) is 2.60. The molecule has 2 heterocycles. The Kier molecular flexibility index (Phi) is 4.76. The Labute approximate surface area is 155 Å². The van der Waals surface area contributed by atoms with E-state index < -0.39 is 0 Å². The third-order valence-corrected chi connectivity index (χ3v) is 6.10. The van der Waals surface area contributed by atoms with Gasteiger partial charge in [0.25, 0.3) is 0 Å². The summed E-state index contributed by atoms with van der Waals surface area (Å²) in [5, 5.41) is 16.2. The molecule has 0 saturated heterocycles. The highest BCUT2D eigenvalue weighted by molar-refractivity contribution is 7.98. The first kappa shape index (κ1) is 16.6. The summed E-state index contributed by atoms with van der Waals surface area (Å²) >= 11 is 3.36. The smallest absolute Gasteiger partial charge is 0.191 e. The summed E-state index contributed by atoms with van der Waals surface area (Å²) in [7, 11) is 0. The van der Waals surface area contributed by atoms with E-state index in [1.807, 2.05) is 12.1 Å². The van der Waals surface area contributed by atoms with Gasteiger partial charge in [-0.05, 0) is 38.3 Å². The molecule has 1 saturated carbocycles. The molecule has 0 unspecified atom stereocenters. The lowest BCUT2D eigenvalue weighted by atomic mass is 10.2. The summed E-state index contributed by atoms with van der Waals surface area (Å²) in [6.07, 6.45) is 2.51. The van der Waals surface area contributed by atoms with Crippen LogP contribution in [0, 0.1) is 6.92 Å². The minimum atomic E-state index is 0.631. The largest absolute Gasteiger partial charge is 0.331 e. The number of nitrogens with zero attached hydrogens (tertiary/aromatic N) is 4. The van der Waals surface area contributed by atoms with Gasteiger partial charge in [0, 0.05) is 29.3 Å². The molecule has 5 nitrogen and oxygen atoms in total. The third-order valence-electron chi connectivity index (χ3n) is 4.29. The number of nitrogens with one attached hydrogen (secondary N) is 1. The van der Waals surface area contributed by atoms with Crippen molar-refractivity contribution in [1.82, 2.24) is 19.7 Å². The van der Waals surface area contributed by atoms with E-state index in [0.717, 1.165) is 39.8 Å². The third kappa shape index (κ3) is 3.72. The summed E-state index contributed by atoms with van der Waals surface area (Å²) in [6, 6.07) is 8.26. The fraction of sp³-hybridized carbons (Fsp3) is 0.389. The second-order valence-electron chi connectivity index (χ2n) is 6.23. The lowest BCUT2D eigenvalue weighted by molar-refractivity contribution is 0.643. The number of hydrogen-bond donors (Lipinski definition) is 1. The zero-order chi connectivity index (χ0) is 17.2. The van der Waals surface area contributed by atoms with Gasteiger partial charge in [-0.1, -0.05) is 30.0 Å². The number of thioether (sulfide) groups is 1. The molecule has 4 rings (SSSR count). The van der Waals surface area contributed by atoms with Gasteiger partial charge in [0.05, 0.1) is 5.69 Å². The molecular weight excluding hydrogens is 350 g/mol. The second kappa shape index (κ2) is 7.17. The van der Waals surface area contributed by atoms with Gasteiger partial charge in [0.1, 0.15) is 5.82 Å². The average molecular weight is 372 g/mol. The Morgan fingerprint density at radius 2 is 2.12 bits per heavy atom. The molecule has 1 aromatic carbocycles. The molecular formula is C18H21N5S2. The van der Waals surface area contributed by atoms with Gasteiger partial charge in [0.2, 0.25) is 0 Å². The number of hydrogen-bond acceptors (Lipinski definition) is 6. The Hall–Kier alpha value is -1.86. The zero-order valence-electron chi connectivity index (χ0n) is 14.4. The molecule has 1 aliphatic rings. The molecule has 0 atom stereocenters. The predicted octanol–water partition coefficient (Wildman–Crippen LogP) is 4.98. The Morgan fingerprint density at radius 1 is 1.28 bits per heavy atom. The molecule has 1 fully saturated rings. The summed E-state index contributed by atoms with van der Waals surface area (Å²) in [5.41, 5.74) is 3.40. The first-order chi connectivity index (χ1) is 12.2. The number of thiazole rings is 1. The molecule has 1 aliphatic carbocycles. The van der Waals surface area contributed by atoms with Gasteiger partial charge < -0.3 is 9.88 Å².